The maximum Gasteiger partial charge on any atom is 0.318 e. The van der Waals surface area contributed by atoms with Gasteiger partial charge in [0.2, 0.25) is 0 Å². The van der Waals surface area contributed by atoms with Crippen LogP contribution in [0.1, 0.15) is 31.2 Å². The molecule has 1 saturated heterocycles. The van der Waals surface area contributed by atoms with E-state index >= 15 is 0 Å². The van der Waals surface area contributed by atoms with Gasteiger partial charge in [-0.25, -0.2) is 10.3 Å². The molecule has 8 heteroatoms. The zero-order valence-corrected chi connectivity index (χ0v) is 14.2. The lowest BCUT2D eigenvalue weighted by Crippen LogP contribution is -2.56. The molecule has 0 bridgehead atoms. The molecule has 0 saturated carbocycles. The standard InChI is InChI=1S/C16H22ClN3O4/c1-10(21)14(15(22)19-24)18-16(23)20-8-2-3-12(9-20)11-4-6-13(17)7-5-11/h4-7,10,12,14,21,24H,2-3,8-9H2,1H3,(H,18,23)(H,19,22)/t10-,12?,14+/m1/s1. The third kappa shape index (κ3) is 4.59. The third-order valence-corrected chi connectivity index (χ3v) is 4.46. The third-order valence-electron chi connectivity index (χ3n) is 4.20. The molecule has 1 heterocycles. The summed E-state index contributed by atoms with van der Waals surface area (Å²) in [5.41, 5.74) is 2.56. The highest BCUT2D eigenvalue weighted by atomic mass is 35.5. The number of rotatable bonds is 4. The van der Waals surface area contributed by atoms with Crippen molar-refractivity contribution in [1.82, 2.24) is 15.7 Å². The van der Waals surface area contributed by atoms with E-state index < -0.39 is 24.1 Å². The summed E-state index contributed by atoms with van der Waals surface area (Å²) in [7, 11) is 0. The average molecular weight is 356 g/mol. The van der Waals surface area contributed by atoms with E-state index in [9.17, 15) is 14.7 Å². The summed E-state index contributed by atoms with van der Waals surface area (Å²) in [6.07, 6.45) is 0.673. The molecule has 132 valence electrons. The fourth-order valence-electron chi connectivity index (χ4n) is 2.87. The van der Waals surface area contributed by atoms with Crippen LogP contribution in [-0.2, 0) is 4.79 Å². The molecule has 3 amide bonds. The Morgan fingerprint density at radius 1 is 1.33 bits per heavy atom. The number of benzene rings is 1. The quantitative estimate of drug-likeness (QED) is 0.485. The molecule has 1 aliphatic heterocycles. The number of likely N-dealkylation sites (tertiary alicyclic amines) is 1. The van der Waals surface area contributed by atoms with Crippen molar-refractivity contribution in [3.63, 3.8) is 0 Å². The smallest absolute Gasteiger partial charge is 0.318 e. The van der Waals surface area contributed by atoms with E-state index in [1.807, 2.05) is 24.3 Å². The second kappa shape index (κ2) is 8.32. The zero-order valence-electron chi connectivity index (χ0n) is 13.4. The Morgan fingerprint density at radius 2 is 2.00 bits per heavy atom. The molecule has 0 radical (unpaired) electrons. The minimum Gasteiger partial charge on any atom is -0.391 e. The average Bonchev–Trinajstić information content (AvgIpc) is 2.59. The Balaban J connectivity index is 2.01. The number of nitrogens with zero attached hydrogens (tertiary/aromatic N) is 1. The van der Waals surface area contributed by atoms with Crippen molar-refractivity contribution in [1.29, 1.82) is 0 Å². The minimum atomic E-state index is -1.21. The van der Waals surface area contributed by atoms with Gasteiger partial charge in [0.05, 0.1) is 6.10 Å². The molecule has 1 aliphatic rings. The van der Waals surface area contributed by atoms with Gasteiger partial charge in [0, 0.05) is 24.0 Å². The lowest BCUT2D eigenvalue weighted by Gasteiger charge is -2.34. The topological polar surface area (TPSA) is 102 Å². The predicted octanol–water partition coefficient (Wildman–Crippen LogP) is 1.48. The molecule has 0 spiro atoms. The summed E-state index contributed by atoms with van der Waals surface area (Å²) >= 11 is 5.90. The highest BCUT2D eigenvalue weighted by molar-refractivity contribution is 6.30. The van der Waals surface area contributed by atoms with Crippen molar-refractivity contribution in [2.24, 2.45) is 0 Å². The Labute approximate surface area is 145 Å². The molecule has 0 aromatic heterocycles. The number of urea groups is 1. The van der Waals surface area contributed by atoms with Crippen LogP contribution in [0.4, 0.5) is 4.79 Å². The highest BCUT2D eigenvalue weighted by Gasteiger charge is 2.30. The normalized spacial score (nSPS) is 20.2. The number of carbonyl (C=O) groups is 2. The molecule has 7 nitrogen and oxygen atoms in total. The van der Waals surface area contributed by atoms with E-state index in [0.717, 1.165) is 18.4 Å². The second-order valence-electron chi connectivity index (χ2n) is 5.98. The molecule has 2 rings (SSSR count). The first-order valence-electron chi connectivity index (χ1n) is 7.85. The van der Waals surface area contributed by atoms with Gasteiger partial charge in [-0.15, -0.1) is 0 Å². The van der Waals surface area contributed by atoms with E-state index in [2.05, 4.69) is 5.32 Å². The van der Waals surface area contributed by atoms with Crippen LogP contribution in [0.2, 0.25) is 5.02 Å². The van der Waals surface area contributed by atoms with Crippen LogP contribution in [0, 0.1) is 0 Å². The number of hydrogen-bond acceptors (Lipinski definition) is 4. The van der Waals surface area contributed by atoms with Crippen molar-refractivity contribution in [2.75, 3.05) is 13.1 Å². The first kappa shape index (κ1) is 18.5. The van der Waals surface area contributed by atoms with Gasteiger partial charge in [0.15, 0.2) is 0 Å². The maximum atomic E-state index is 12.4. The molecule has 0 aliphatic carbocycles. The van der Waals surface area contributed by atoms with Crippen LogP contribution in [0.5, 0.6) is 0 Å². The van der Waals surface area contributed by atoms with E-state index in [-0.39, 0.29) is 5.92 Å². The number of piperidine rings is 1. The summed E-state index contributed by atoms with van der Waals surface area (Å²) in [5, 5.41) is 21.4. The Bertz CT molecular complexity index is 579. The van der Waals surface area contributed by atoms with Gasteiger partial charge >= 0.3 is 6.03 Å². The fourth-order valence-corrected chi connectivity index (χ4v) is 2.99. The van der Waals surface area contributed by atoms with Crippen molar-refractivity contribution in [3.05, 3.63) is 34.9 Å². The van der Waals surface area contributed by atoms with E-state index in [4.69, 9.17) is 16.8 Å². The van der Waals surface area contributed by atoms with Gasteiger partial charge in [0.1, 0.15) is 6.04 Å². The minimum absolute atomic E-state index is 0.193. The van der Waals surface area contributed by atoms with E-state index in [1.54, 1.807) is 4.90 Å². The van der Waals surface area contributed by atoms with E-state index in [1.165, 1.54) is 12.4 Å². The van der Waals surface area contributed by atoms with Crippen molar-refractivity contribution >= 4 is 23.5 Å². The van der Waals surface area contributed by atoms with Gasteiger partial charge in [-0.1, -0.05) is 23.7 Å². The number of hydroxylamine groups is 1. The number of hydrogen-bond donors (Lipinski definition) is 4. The fraction of sp³-hybridized carbons (Fsp3) is 0.500. The van der Waals surface area contributed by atoms with Crippen LogP contribution in [0.25, 0.3) is 0 Å². The molecule has 24 heavy (non-hydrogen) atoms. The number of carbonyl (C=O) groups excluding carboxylic acids is 2. The van der Waals surface area contributed by atoms with Crippen molar-refractivity contribution in [3.8, 4) is 0 Å². The van der Waals surface area contributed by atoms with Crippen LogP contribution < -0.4 is 10.8 Å². The Morgan fingerprint density at radius 3 is 2.58 bits per heavy atom. The van der Waals surface area contributed by atoms with Crippen LogP contribution in [0.15, 0.2) is 24.3 Å². The number of aliphatic hydroxyl groups excluding tert-OH is 1. The molecule has 3 atom stereocenters. The lowest BCUT2D eigenvalue weighted by molar-refractivity contribution is -0.133. The predicted molar refractivity (Wildman–Crippen MR) is 88.9 cm³/mol. The van der Waals surface area contributed by atoms with Gasteiger partial charge in [-0.05, 0) is 37.5 Å². The number of amides is 3. The van der Waals surface area contributed by atoms with Crippen molar-refractivity contribution in [2.45, 2.75) is 37.8 Å². The molecular formula is C16H22ClN3O4. The first-order valence-corrected chi connectivity index (χ1v) is 8.23. The van der Waals surface area contributed by atoms with Crippen molar-refractivity contribution < 1.29 is 19.9 Å². The summed E-state index contributed by atoms with van der Waals surface area (Å²) in [6.45, 7) is 2.46. The summed E-state index contributed by atoms with van der Waals surface area (Å²) in [6, 6.07) is 5.90. The monoisotopic (exact) mass is 355 g/mol. The molecule has 1 fully saturated rings. The molecule has 1 aromatic carbocycles. The summed E-state index contributed by atoms with van der Waals surface area (Å²) in [5.74, 6) is -0.664. The number of nitrogens with one attached hydrogen (secondary N) is 2. The Kier molecular flexibility index (Phi) is 6.42. The molecule has 1 aromatic rings. The lowest BCUT2D eigenvalue weighted by atomic mass is 9.91. The molecular weight excluding hydrogens is 334 g/mol. The van der Waals surface area contributed by atoms with Crippen LogP contribution >= 0.6 is 11.6 Å². The zero-order chi connectivity index (χ0) is 17.7. The highest BCUT2D eigenvalue weighted by Crippen LogP contribution is 2.27. The van der Waals surface area contributed by atoms with Crippen LogP contribution in [-0.4, -0.2) is 52.4 Å². The summed E-state index contributed by atoms with van der Waals surface area (Å²) < 4.78 is 0. The first-order chi connectivity index (χ1) is 11.4. The molecule has 1 unspecified atom stereocenters. The SMILES string of the molecule is C[C@@H](O)[C@H](NC(=O)N1CCCC(c2ccc(Cl)cc2)C1)C(=O)NO. The van der Waals surface area contributed by atoms with Gasteiger partial charge < -0.3 is 15.3 Å². The van der Waals surface area contributed by atoms with E-state index in [0.29, 0.717) is 18.1 Å². The second-order valence-corrected chi connectivity index (χ2v) is 6.42. The molecule has 4 N–H and O–H groups in total. The number of halogens is 1. The van der Waals surface area contributed by atoms with Gasteiger partial charge in [-0.3, -0.25) is 10.0 Å². The Hall–Kier alpha value is -1.83. The van der Waals surface area contributed by atoms with Gasteiger partial charge in [-0.2, -0.15) is 0 Å². The largest absolute Gasteiger partial charge is 0.391 e. The summed E-state index contributed by atoms with van der Waals surface area (Å²) in [4.78, 5) is 25.5. The van der Waals surface area contributed by atoms with Crippen LogP contribution in [0.3, 0.4) is 0 Å². The maximum absolute atomic E-state index is 12.4. The van der Waals surface area contributed by atoms with Gasteiger partial charge in [0.25, 0.3) is 5.91 Å². The number of aliphatic hydroxyl groups is 1.